The number of aryl methyl sites for hydroxylation is 1. The van der Waals surface area contributed by atoms with Crippen LogP contribution >= 0.6 is 0 Å². The largest absolute Gasteiger partial charge is 0.397 e. The average molecular weight is 564 g/mol. The van der Waals surface area contributed by atoms with Gasteiger partial charge in [0.25, 0.3) is 10.1 Å². The van der Waals surface area contributed by atoms with Crippen LogP contribution in [0.2, 0.25) is 0 Å². The quantitative estimate of drug-likeness (QED) is 0.258. The van der Waals surface area contributed by atoms with Gasteiger partial charge in [0, 0.05) is 11.4 Å². The first-order valence-electron chi connectivity index (χ1n) is 9.61. The normalized spacial score (nSPS) is 12.3. The molecule has 194 valence electrons. The summed E-state index contributed by atoms with van der Waals surface area (Å²) in [5.74, 6) is -1.19. The van der Waals surface area contributed by atoms with Crippen LogP contribution in [0.4, 0.5) is 27.7 Å². The summed E-state index contributed by atoms with van der Waals surface area (Å²) < 4.78 is 104. The van der Waals surface area contributed by atoms with Crippen molar-refractivity contribution in [1.82, 2.24) is 15.0 Å². The second kappa shape index (κ2) is 10.4. The van der Waals surface area contributed by atoms with Crippen LogP contribution in [0.5, 0.6) is 0 Å². The Kier molecular flexibility index (Phi) is 7.86. The van der Waals surface area contributed by atoms with Crippen molar-refractivity contribution >= 4 is 53.6 Å². The summed E-state index contributed by atoms with van der Waals surface area (Å²) in [5.41, 5.74) is 0.784. The molecule has 0 aliphatic heterocycles. The summed E-state index contributed by atoms with van der Waals surface area (Å²) in [6.07, 6.45) is -1.15. The average Bonchev–Trinajstić information content (AvgIpc) is 2.71. The second-order valence-corrected chi connectivity index (χ2v) is 11.6. The molecule has 0 saturated heterocycles. The van der Waals surface area contributed by atoms with Crippen LogP contribution in [0.1, 0.15) is 5.56 Å². The number of benzene rings is 2. The van der Waals surface area contributed by atoms with E-state index in [0.717, 1.165) is 6.07 Å². The lowest BCUT2D eigenvalue weighted by Crippen LogP contribution is -2.15. The highest BCUT2D eigenvalue weighted by molar-refractivity contribution is 7.91. The summed E-state index contributed by atoms with van der Waals surface area (Å²) >= 11 is 0. The van der Waals surface area contributed by atoms with Crippen molar-refractivity contribution < 1.29 is 42.9 Å². The Morgan fingerprint density at radius 1 is 0.861 bits per heavy atom. The minimum atomic E-state index is -4.77. The molecule has 0 aliphatic carbocycles. The third-order valence-corrected chi connectivity index (χ3v) is 7.54. The zero-order chi connectivity index (χ0) is 26.7. The lowest BCUT2D eigenvalue weighted by molar-refractivity contribution is 0.284. The SMILES string of the molecule is Cc1cc(Nc2nc(F)nc(Nc3ccc(S(=O)(=O)CCOS(=O)(=O)O)cc3)n2)ccc1S(=O)(=O)O. The van der Waals surface area contributed by atoms with Gasteiger partial charge in [0.1, 0.15) is 0 Å². The smallest absolute Gasteiger partial charge is 0.324 e. The lowest BCUT2D eigenvalue weighted by atomic mass is 10.2. The monoisotopic (exact) mass is 563 g/mol. The van der Waals surface area contributed by atoms with Gasteiger partial charge in [-0.25, -0.2) is 12.6 Å². The predicted molar refractivity (Wildman–Crippen MR) is 123 cm³/mol. The van der Waals surface area contributed by atoms with Gasteiger partial charge in [-0.2, -0.15) is 36.2 Å². The van der Waals surface area contributed by atoms with Crippen LogP contribution in [0.3, 0.4) is 0 Å². The molecule has 0 fully saturated rings. The third-order valence-electron chi connectivity index (χ3n) is 4.37. The van der Waals surface area contributed by atoms with Gasteiger partial charge in [-0.3, -0.25) is 9.11 Å². The zero-order valence-corrected chi connectivity index (χ0v) is 20.6. The molecule has 0 unspecified atom stereocenters. The fourth-order valence-electron chi connectivity index (χ4n) is 2.85. The van der Waals surface area contributed by atoms with E-state index in [-0.39, 0.29) is 32.9 Å². The first kappa shape index (κ1) is 27.3. The maximum Gasteiger partial charge on any atom is 0.397 e. The molecule has 1 heterocycles. The minimum Gasteiger partial charge on any atom is -0.324 e. The number of anilines is 4. The molecule has 4 N–H and O–H groups in total. The molecule has 3 aromatic rings. The van der Waals surface area contributed by atoms with E-state index >= 15 is 0 Å². The molecule has 0 atom stereocenters. The van der Waals surface area contributed by atoms with Gasteiger partial charge < -0.3 is 10.6 Å². The number of hydrogen-bond acceptors (Lipinski definition) is 12. The van der Waals surface area contributed by atoms with E-state index in [4.69, 9.17) is 4.55 Å². The van der Waals surface area contributed by atoms with Crippen molar-refractivity contribution in [2.75, 3.05) is 23.0 Å². The lowest BCUT2D eigenvalue weighted by Gasteiger charge is -2.10. The van der Waals surface area contributed by atoms with Crippen LogP contribution in [0, 0.1) is 13.0 Å². The van der Waals surface area contributed by atoms with Crippen molar-refractivity contribution in [3.63, 3.8) is 0 Å². The number of sulfone groups is 1. The first-order valence-corrected chi connectivity index (χ1v) is 14.1. The van der Waals surface area contributed by atoms with Crippen molar-refractivity contribution in [2.24, 2.45) is 0 Å². The maximum absolute atomic E-state index is 13.9. The summed E-state index contributed by atoms with van der Waals surface area (Å²) in [6.45, 7) is 0.666. The molecule has 0 spiro atoms. The van der Waals surface area contributed by atoms with Crippen LogP contribution in [-0.2, 0) is 34.5 Å². The van der Waals surface area contributed by atoms with E-state index in [2.05, 4.69) is 29.8 Å². The van der Waals surface area contributed by atoms with Crippen molar-refractivity contribution in [3.05, 3.63) is 54.1 Å². The standard InChI is InChI=1S/C18H18FN5O9S3/c1-11-10-13(4-7-15(11)35(27,28)29)21-18-23-16(19)22-17(24-18)20-12-2-5-14(6-3-12)34(25,26)9-8-33-36(30,31)32/h2-7,10H,8-9H2,1H3,(H,27,28,29)(H,30,31,32)(H2,20,21,22,23,24). The summed E-state index contributed by atoms with van der Waals surface area (Å²) in [5, 5.41) is 5.35. The molecule has 14 nitrogen and oxygen atoms in total. The maximum atomic E-state index is 13.9. The number of aromatic nitrogens is 3. The molecule has 1 aromatic heterocycles. The Labute approximate surface area is 205 Å². The molecular formula is C18H18FN5O9S3. The molecule has 3 rings (SSSR count). The fraction of sp³-hybridized carbons (Fsp3) is 0.167. The van der Waals surface area contributed by atoms with Crippen LogP contribution in [0.15, 0.2) is 52.3 Å². The van der Waals surface area contributed by atoms with E-state index in [1.165, 1.54) is 43.3 Å². The fourth-order valence-corrected chi connectivity index (χ4v) is 5.04. The van der Waals surface area contributed by atoms with Crippen molar-refractivity contribution in [2.45, 2.75) is 16.7 Å². The van der Waals surface area contributed by atoms with Gasteiger partial charge in [0.15, 0.2) is 9.84 Å². The Hall–Kier alpha value is -3.29. The van der Waals surface area contributed by atoms with Gasteiger partial charge in [0.05, 0.1) is 22.2 Å². The van der Waals surface area contributed by atoms with Gasteiger partial charge in [-0.1, -0.05) is 0 Å². The first-order chi connectivity index (χ1) is 16.6. The highest BCUT2D eigenvalue weighted by Gasteiger charge is 2.17. The molecule has 2 aromatic carbocycles. The zero-order valence-electron chi connectivity index (χ0n) is 18.2. The van der Waals surface area contributed by atoms with Crippen molar-refractivity contribution in [1.29, 1.82) is 0 Å². The summed E-state index contributed by atoms with van der Waals surface area (Å²) in [7, 11) is -13.1. The Morgan fingerprint density at radius 2 is 1.42 bits per heavy atom. The Bertz CT molecular complexity index is 1600. The highest BCUT2D eigenvalue weighted by atomic mass is 32.3. The van der Waals surface area contributed by atoms with Gasteiger partial charge in [0.2, 0.25) is 11.9 Å². The Balaban J connectivity index is 1.73. The highest BCUT2D eigenvalue weighted by Crippen LogP contribution is 2.23. The van der Waals surface area contributed by atoms with Gasteiger partial charge in [-0.05, 0) is 55.0 Å². The van der Waals surface area contributed by atoms with Gasteiger partial charge in [-0.15, -0.1) is 0 Å². The minimum absolute atomic E-state index is 0.167. The number of nitrogens with one attached hydrogen (secondary N) is 2. The van der Waals surface area contributed by atoms with Crippen LogP contribution in [-0.4, -0.2) is 61.7 Å². The van der Waals surface area contributed by atoms with E-state index in [9.17, 15) is 34.2 Å². The topological polar surface area (TPSA) is 215 Å². The van der Waals surface area contributed by atoms with Crippen LogP contribution in [0.25, 0.3) is 0 Å². The number of nitrogens with zero attached hydrogens (tertiary/aromatic N) is 3. The molecule has 0 amide bonds. The predicted octanol–water partition coefficient (Wildman–Crippen LogP) is 1.65. The number of hydrogen-bond donors (Lipinski definition) is 4. The molecular weight excluding hydrogens is 545 g/mol. The van der Waals surface area contributed by atoms with E-state index in [0.29, 0.717) is 5.69 Å². The molecule has 0 saturated carbocycles. The van der Waals surface area contributed by atoms with E-state index in [1.807, 2.05) is 0 Å². The molecule has 18 heteroatoms. The van der Waals surface area contributed by atoms with Gasteiger partial charge >= 0.3 is 16.5 Å². The van der Waals surface area contributed by atoms with E-state index < -0.39 is 48.8 Å². The molecule has 0 aliphatic rings. The summed E-state index contributed by atoms with van der Waals surface area (Å²) in [4.78, 5) is 10.5. The summed E-state index contributed by atoms with van der Waals surface area (Å²) in [6, 6.07) is 8.87. The molecule has 0 bridgehead atoms. The Morgan fingerprint density at radius 3 is 1.94 bits per heavy atom. The molecule has 0 radical (unpaired) electrons. The molecule has 36 heavy (non-hydrogen) atoms. The number of rotatable bonds is 10. The van der Waals surface area contributed by atoms with Crippen molar-refractivity contribution in [3.8, 4) is 0 Å². The third kappa shape index (κ3) is 7.60. The van der Waals surface area contributed by atoms with E-state index in [1.54, 1.807) is 0 Å². The second-order valence-electron chi connectivity index (χ2n) is 7.05. The van der Waals surface area contributed by atoms with Crippen LogP contribution < -0.4 is 10.6 Å². The number of halogens is 1.